The highest BCUT2D eigenvalue weighted by Crippen LogP contribution is 2.50. The first-order chi connectivity index (χ1) is 14.2. The van der Waals surface area contributed by atoms with E-state index >= 15 is 0 Å². The predicted octanol–water partition coefficient (Wildman–Crippen LogP) is 5.51. The van der Waals surface area contributed by atoms with Gasteiger partial charge in [-0.15, -0.1) is 0 Å². The summed E-state index contributed by atoms with van der Waals surface area (Å²) in [6.45, 7) is 7.23. The Morgan fingerprint density at radius 2 is 2.00 bits per heavy atom. The number of nitrogens with zero attached hydrogens (tertiary/aromatic N) is 3. The van der Waals surface area contributed by atoms with Crippen LogP contribution in [0.5, 0.6) is 11.5 Å². The molecule has 0 radical (unpaired) electrons. The fraction of sp³-hybridized carbons (Fsp3) is 0.455. The number of rotatable bonds is 7. The summed E-state index contributed by atoms with van der Waals surface area (Å²) in [5, 5.41) is 1.67. The molecule has 1 saturated heterocycles. The van der Waals surface area contributed by atoms with Crippen LogP contribution >= 0.6 is 23.4 Å². The second-order valence-corrected chi connectivity index (χ2v) is 8.43. The molecule has 2 aromatic rings. The molecule has 0 saturated carbocycles. The first-order valence-electron chi connectivity index (χ1n) is 10.2. The van der Waals surface area contributed by atoms with Gasteiger partial charge in [-0.3, -0.25) is 9.98 Å². The summed E-state index contributed by atoms with van der Waals surface area (Å²) >= 11 is 8.48. The smallest absolute Gasteiger partial charge is 0.179 e. The highest BCUT2D eigenvalue weighted by Gasteiger charge is 2.45. The minimum Gasteiger partial charge on any atom is -0.490 e. The maximum atomic E-state index is 6.65. The van der Waals surface area contributed by atoms with Crippen LogP contribution in [0.3, 0.4) is 0 Å². The highest BCUT2D eigenvalue weighted by molar-refractivity contribution is 8.14. The summed E-state index contributed by atoms with van der Waals surface area (Å²) in [6.07, 6.45) is 2.90. The van der Waals surface area contributed by atoms with Crippen molar-refractivity contribution in [1.82, 2.24) is 9.88 Å². The van der Waals surface area contributed by atoms with Crippen LogP contribution in [0.2, 0.25) is 5.02 Å². The summed E-state index contributed by atoms with van der Waals surface area (Å²) in [7, 11) is 0. The lowest BCUT2D eigenvalue weighted by Crippen LogP contribution is -2.35. The van der Waals surface area contributed by atoms with E-state index in [9.17, 15) is 0 Å². The fourth-order valence-corrected chi connectivity index (χ4v) is 5.63. The molecule has 1 aromatic heterocycles. The standard InChI is InChI=1S/C22H26ClN3O2S/c1-4-15-13-29-22-25-19(17-9-7-8-10-24-17)20(26(15)22)14-11-16(23)21(28-6-3)18(12-14)27-5-2/h7-12,15,19-20H,4-6,13H2,1-3H3/t15-,19-,20+/m1/s1. The fourth-order valence-electron chi connectivity index (χ4n) is 4.02. The molecule has 0 unspecified atom stereocenters. The van der Waals surface area contributed by atoms with Crippen LogP contribution in [0.15, 0.2) is 41.5 Å². The molecular weight excluding hydrogens is 406 g/mol. The molecule has 0 spiro atoms. The number of hydrogen-bond acceptors (Lipinski definition) is 6. The van der Waals surface area contributed by atoms with Gasteiger partial charge in [0.15, 0.2) is 16.7 Å². The second kappa shape index (κ2) is 8.84. The summed E-state index contributed by atoms with van der Waals surface area (Å²) < 4.78 is 11.7. The Labute approximate surface area is 181 Å². The molecule has 0 N–H and O–H groups in total. The maximum absolute atomic E-state index is 6.65. The van der Waals surface area contributed by atoms with Crippen molar-refractivity contribution in [3.63, 3.8) is 0 Å². The number of halogens is 1. The summed E-state index contributed by atoms with van der Waals surface area (Å²) in [5.41, 5.74) is 2.05. The summed E-state index contributed by atoms with van der Waals surface area (Å²) in [6, 6.07) is 10.5. The van der Waals surface area contributed by atoms with E-state index in [1.807, 2.05) is 50.0 Å². The Hall–Kier alpha value is -1.92. The van der Waals surface area contributed by atoms with E-state index < -0.39 is 0 Å². The monoisotopic (exact) mass is 431 g/mol. The average molecular weight is 432 g/mol. The Balaban J connectivity index is 1.81. The summed E-state index contributed by atoms with van der Waals surface area (Å²) in [4.78, 5) is 12.1. The number of hydrogen-bond donors (Lipinski definition) is 0. The molecule has 29 heavy (non-hydrogen) atoms. The molecule has 2 aliphatic heterocycles. The summed E-state index contributed by atoms with van der Waals surface area (Å²) in [5.74, 6) is 2.35. The molecule has 3 atom stereocenters. The Kier molecular flexibility index (Phi) is 6.20. The SMILES string of the molecule is CCOc1cc([C@H]2[C@@H](c3ccccn3)N=C3SC[C@@H](CC)N32)cc(Cl)c1OCC. The van der Waals surface area contributed by atoms with Gasteiger partial charge in [0.2, 0.25) is 0 Å². The maximum Gasteiger partial charge on any atom is 0.179 e. The number of aromatic nitrogens is 1. The van der Waals surface area contributed by atoms with E-state index in [2.05, 4.69) is 28.9 Å². The minimum atomic E-state index is -0.0727. The molecule has 5 nitrogen and oxygen atoms in total. The van der Waals surface area contributed by atoms with Gasteiger partial charge in [0.05, 0.1) is 30.0 Å². The topological polar surface area (TPSA) is 47.0 Å². The molecule has 154 valence electrons. The quantitative estimate of drug-likeness (QED) is 0.578. The first kappa shape index (κ1) is 20.4. The number of amidine groups is 1. The van der Waals surface area contributed by atoms with Crippen LogP contribution in [-0.2, 0) is 0 Å². The van der Waals surface area contributed by atoms with E-state index in [0.717, 1.165) is 28.6 Å². The molecular formula is C22H26ClN3O2S. The van der Waals surface area contributed by atoms with Crippen LogP contribution in [-0.4, -0.2) is 40.1 Å². The van der Waals surface area contributed by atoms with Crippen molar-refractivity contribution < 1.29 is 9.47 Å². The van der Waals surface area contributed by atoms with Crippen LogP contribution in [0.4, 0.5) is 0 Å². The van der Waals surface area contributed by atoms with Crippen molar-refractivity contribution in [3.8, 4) is 11.5 Å². The largest absolute Gasteiger partial charge is 0.490 e. The molecule has 7 heteroatoms. The molecule has 0 aliphatic carbocycles. The Bertz CT molecular complexity index is 893. The third-order valence-electron chi connectivity index (χ3n) is 5.29. The van der Waals surface area contributed by atoms with E-state index in [1.54, 1.807) is 0 Å². The molecule has 0 bridgehead atoms. The zero-order valence-corrected chi connectivity index (χ0v) is 18.5. The normalized spacial score (nSPS) is 23.1. The lowest BCUT2D eigenvalue weighted by molar-refractivity contribution is 0.252. The van der Waals surface area contributed by atoms with Gasteiger partial charge in [0.1, 0.15) is 6.04 Å². The van der Waals surface area contributed by atoms with Gasteiger partial charge in [-0.1, -0.05) is 36.4 Å². The minimum absolute atomic E-state index is 0.0345. The Morgan fingerprint density at radius 3 is 2.69 bits per heavy atom. The predicted molar refractivity (Wildman–Crippen MR) is 119 cm³/mol. The third kappa shape index (κ3) is 3.80. The van der Waals surface area contributed by atoms with Crippen LogP contribution in [0.25, 0.3) is 0 Å². The van der Waals surface area contributed by atoms with Gasteiger partial charge in [-0.25, -0.2) is 0 Å². The molecule has 1 fully saturated rings. The van der Waals surface area contributed by atoms with Crippen molar-refractivity contribution >= 4 is 28.5 Å². The number of ether oxygens (including phenoxy) is 2. The first-order valence-corrected chi connectivity index (χ1v) is 11.5. The van der Waals surface area contributed by atoms with Crippen LogP contribution in [0.1, 0.15) is 50.5 Å². The number of benzene rings is 1. The third-order valence-corrected chi connectivity index (χ3v) is 6.70. The van der Waals surface area contributed by atoms with E-state index in [1.165, 1.54) is 0 Å². The molecule has 3 heterocycles. The van der Waals surface area contributed by atoms with Gasteiger partial charge in [-0.05, 0) is 50.1 Å². The molecule has 2 aliphatic rings. The van der Waals surface area contributed by atoms with Gasteiger partial charge >= 0.3 is 0 Å². The van der Waals surface area contributed by atoms with Crippen LogP contribution < -0.4 is 9.47 Å². The molecule has 0 amide bonds. The van der Waals surface area contributed by atoms with Crippen molar-refractivity contribution in [2.45, 2.75) is 45.3 Å². The van der Waals surface area contributed by atoms with E-state index in [-0.39, 0.29) is 12.1 Å². The van der Waals surface area contributed by atoms with Gasteiger partial charge in [0, 0.05) is 18.0 Å². The zero-order chi connectivity index (χ0) is 20.4. The van der Waals surface area contributed by atoms with Crippen molar-refractivity contribution in [3.05, 3.63) is 52.8 Å². The van der Waals surface area contributed by atoms with Crippen molar-refractivity contribution in [2.75, 3.05) is 19.0 Å². The highest BCUT2D eigenvalue weighted by atomic mass is 35.5. The van der Waals surface area contributed by atoms with Crippen LogP contribution in [0, 0.1) is 0 Å². The van der Waals surface area contributed by atoms with Crippen molar-refractivity contribution in [2.24, 2.45) is 4.99 Å². The lowest BCUT2D eigenvalue weighted by Gasteiger charge is -2.32. The number of aliphatic imine (C=N–C) groups is 1. The van der Waals surface area contributed by atoms with E-state index in [0.29, 0.717) is 35.8 Å². The number of thioether (sulfide) groups is 1. The average Bonchev–Trinajstić information content (AvgIpc) is 3.30. The number of pyridine rings is 1. The molecule has 1 aromatic carbocycles. The zero-order valence-electron chi connectivity index (χ0n) is 17.0. The van der Waals surface area contributed by atoms with Gasteiger partial charge in [0.25, 0.3) is 0 Å². The Morgan fingerprint density at radius 1 is 1.17 bits per heavy atom. The van der Waals surface area contributed by atoms with Crippen molar-refractivity contribution in [1.29, 1.82) is 0 Å². The second-order valence-electron chi connectivity index (χ2n) is 7.03. The lowest BCUT2D eigenvalue weighted by atomic mass is 9.95. The number of fused-ring (bicyclic) bond motifs is 1. The van der Waals surface area contributed by atoms with Gasteiger partial charge < -0.3 is 14.4 Å². The van der Waals surface area contributed by atoms with E-state index in [4.69, 9.17) is 26.1 Å². The molecule has 4 rings (SSSR count). The van der Waals surface area contributed by atoms with Gasteiger partial charge in [-0.2, -0.15) is 0 Å².